The molecule has 346 valence electrons. The summed E-state index contributed by atoms with van der Waals surface area (Å²) in [4.78, 5) is 25.3. The average molecular weight is 837 g/mol. The van der Waals surface area contributed by atoms with E-state index in [-0.39, 0.29) is 25.2 Å². The van der Waals surface area contributed by atoms with Crippen LogP contribution in [0.5, 0.6) is 0 Å². The van der Waals surface area contributed by atoms with Gasteiger partial charge in [-0.2, -0.15) is 0 Å². The zero-order chi connectivity index (χ0) is 43.5. The Morgan fingerprint density at radius 2 is 0.750 bits per heavy atom. The lowest BCUT2D eigenvalue weighted by Crippen LogP contribution is -2.30. The molecule has 0 rings (SSSR count). The quantitative estimate of drug-likeness (QED) is 0.0347. The van der Waals surface area contributed by atoms with Crippen LogP contribution in [0.15, 0.2) is 72.9 Å². The molecule has 0 fully saturated rings. The molecule has 0 bridgehead atoms. The summed E-state index contributed by atoms with van der Waals surface area (Å²) in [6, 6.07) is 0. The summed E-state index contributed by atoms with van der Waals surface area (Å²) in [6.45, 7) is 7.64. The van der Waals surface area contributed by atoms with Crippen molar-refractivity contribution in [3.63, 3.8) is 0 Å². The van der Waals surface area contributed by atoms with Gasteiger partial charge in [-0.1, -0.05) is 209 Å². The Bertz CT molecular complexity index is 1080. The van der Waals surface area contributed by atoms with Crippen LogP contribution in [-0.4, -0.2) is 37.9 Å². The van der Waals surface area contributed by atoms with Crippen LogP contribution >= 0.6 is 0 Å². The number of carbonyl (C=O) groups is 2. The zero-order valence-corrected chi connectivity index (χ0v) is 39.7. The molecule has 0 aromatic heterocycles. The molecule has 5 nitrogen and oxygen atoms in total. The molecule has 1 atom stereocenters. The van der Waals surface area contributed by atoms with E-state index in [9.17, 15) is 9.59 Å². The van der Waals surface area contributed by atoms with Crippen molar-refractivity contribution in [3.8, 4) is 0 Å². The molecule has 0 spiro atoms. The molecule has 5 heteroatoms. The van der Waals surface area contributed by atoms with Crippen LogP contribution in [0, 0.1) is 0 Å². The van der Waals surface area contributed by atoms with Crippen molar-refractivity contribution in [2.45, 2.75) is 245 Å². The minimum absolute atomic E-state index is 0.0723. The molecule has 60 heavy (non-hydrogen) atoms. The van der Waals surface area contributed by atoms with Crippen LogP contribution in [0.4, 0.5) is 0 Å². The molecule has 0 aliphatic heterocycles. The maximum Gasteiger partial charge on any atom is 0.306 e. The Balaban J connectivity index is 4.23. The van der Waals surface area contributed by atoms with E-state index in [1.165, 1.54) is 116 Å². The van der Waals surface area contributed by atoms with Crippen molar-refractivity contribution >= 4 is 11.9 Å². The molecule has 0 aromatic rings. The summed E-state index contributed by atoms with van der Waals surface area (Å²) in [6.07, 6.45) is 64.8. The standard InChI is InChI=1S/C55H96O5/c1-4-7-10-13-16-19-21-23-25-27-28-29-30-32-34-37-39-42-45-48-54(56)59-52-53(60-55(57)49-46-43-40-36-18-15-12-9-6-3)51-58-50-47-44-41-38-35-33-31-26-24-22-20-17-14-11-8-5-2/h8,11,16-17,19-20,23-26,28-29,53H,4-7,9-10,12-15,18,21-22,27,30-52H2,1-3H3/b11-8-,19-16-,20-17-,25-23-,26-24-,29-28-. The number of allylic oxidation sites excluding steroid dienone is 12. The number of hydrogen-bond acceptors (Lipinski definition) is 5. The molecule has 1 unspecified atom stereocenters. The third kappa shape index (κ3) is 48.0. The number of rotatable bonds is 46. The Morgan fingerprint density at radius 1 is 0.383 bits per heavy atom. The van der Waals surface area contributed by atoms with Crippen LogP contribution in [0.1, 0.15) is 239 Å². The third-order valence-corrected chi connectivity index (χ3v) is 10.7. The predicted octanol–water partition coefficient (Wildman–Crippen LogP) is 17.1. The van der Waals surface area contributed by atoms with E-state index in [1.807, 2.05) is 0 Å². The van der Waals surface area contributed by atoms with Gasteiger partial charge in [0.05, 0.1) is 6.61 Å². The first-order chi connectivity index (χ1) is 29.6. The zero-order valence-electron chi connectivity index (χ0n) is 39.7. The van der Waals surface area contributed by atoms with E-state index in [0.29, 0.717) is 19.4 Å². The van der Waals surface area contributed by atoms with Crippen molar-refractivity contribution in [2.75, 3.05) is 19.8 Å². The Hall–Kier alpha value is -2.66. The molecule has 0 heterocycles. The first kappa shape index (κ1) is 57.3. The fourth-order valence-corrected chi connectivity index (χ4v) is 6.94. The van der Waals surface area contributed by atoms with E-state index in [2.05, 4.69) is 93.7 Å². The van der Waals surface area contributed by atoms with Crippen LogP contribution in [0.2, 0.25) is 0 Å². The lowest BCUT2D eigenvalue weighted by atomic mass is 10.1. The Kier molecular flexibility index (Phi) is 48.4. The van der Waals surface area contributed by atoms with Crippen molar-refractivity contribution in [3.05, 3.63) is 72.9 Å². The highest BCUT2D eigenvalue weighted by molar-refractivity contribution is 5.70. The number of ether oxygens (including phenoxy) is 3. The van der Waals surface area contributed by atoms with Crippen molar-refractivity contribution < 1.29 is 23.8 Å². The molecule has 0 amide bonds. The lowest BCUT2D eigenvalue weighted by molar-refractivity contribution is -0.163. The van der Waals surface area contributed by atoms with Crippen LogP contribution < -0.4 is 0 Å². The first-order valence-electron chi connectivity index (χ1n) is 25.5. The normalized spacial score (nSPS) is 12.8. The van der Waals surface area contributed by atoms with Gasteiger partial charge in [-0.25, -0.2) is 0 Å². The van der Waals surface area contributed by atoms with Gasteiger partial charge in [-0.05, 0) is 89.9 Å². The molecular formula is C55H96O5. The van der Waals surface area contributed by atoms with Crippen LogP contribution in [0.3, 0.4) is 0 Å². The van der Waals surface area contributed by atoms with E-state index in [4.69, 9.17) is 14.2 Å². The first-order valence-corrected chi connectivity index (χ1v) is 25.5. The fourth-order valence-electron chi connectivity index (χ4n) is 6.94. The highest BCUT2D eigenvalue weighted by Gasteiger charge is 2.17. The average Bonchev–Trinajstić information content (AvgIpc) is 3.25. The predicted molar refractivity (Wildman–Crippen MR) is 260 cm³/mol. The fraction of sp³-hybridized carbons (Fsp3) is 0.745. The largest absolute Gasteiger partial charge is 0.462 e. The monoisotopic (exact) mass is 837 g/mol. The Labute approximate surface area is 372 Å². The summed E-state index contributed by atoms with van der Waals surface area (Å²) in [5.74, 6) is -0.419. The molecule has 0 saturated heterocycles. The minimum Gasteiger partial charge on any atom is -0.462 e. The highest BCUT2D eigenvalue weighted by atomic mass is 16.6. The maximum atomic E-state index is 12.7. The summed E-state index contributed by atoms with van der Waals surface area (Å²) in [7, 11) is 0. The van der Waals surface area contributed by atoms with Crippen molar-refractivity contribution in [1.82, 2.24) is 0 Å². The highest BCUT2D eigenvalue weighted by Crippen LogP contribution is 2.14. The van der Waals surface area contributed by atoms with Gasteiger partial charge in [-0.15, -0.1) is 0 Å². The molecule has 0 saturated carbocycles. The van der Waals surface area contributed by atoms with Gasteiger partial charge >= 0.3 is 11.9 Å². The summed E-state index contributed by atoms with van der Waals surface area (Å²) in [5, 5.41) is 0. The smallest absolute Gasteiger partial charge is 0.306 e. The van der Waals surface area contributed by atoms with Gasteiger partial charge in [0.15, 0.2) is 6.10 Å². The van der Waals surface area contributed by atoms with Gasteiger partial charge in [-0.3, -0.25) is 9.59 Å². The van der Waals surface area contributed by atoms with E-state index in [1.54, 1.807) is 0 Å². The van der Waals surface area contributed by atoms with Gasteiger partial charge in [0.1, 0.15) is 6.61 Å². The topological polar surface area (TPSA) is 61.8 Å². The van der Waals surface area contributed by atoms with Crippen LogP contribution in [-0.2, 0) is 23.8 Å². The van der Waals surface area contributed by atoms with Crippen molar-refractivity contribution in [2.24, 2.45) is 0 Å². The second-order valence-corrected chi connectivity index (χ2v) is 16.7. The van der Waals surface area contributed by atoms with Gasteiger partial charge in [0, 0.05) is 19.4 Å². The molecule has 0 aliphatic carbocycles. The van der Waals surface area contributed by atoms with Gasteiger partial charge in [0.25, 0.3) is 0 Å². The Morgan fingerprint density at radius 3 is 1.23 bits per heavy atom. The minimum atomic E-state index is -0.547. The number of unbranched alkanes of at least 4 members (excludes halogenated alkanes) is 23. The second-order valence-electron chi connectivity index (χ2n) is 16.7. The number of esters is 2. The maximum absolute atomic E-state index is 12.7. The molecular weight excluding hydrogens is 741 g/mol. The number of hydrogen-bond donors (Lipinski definition) is 0. The lowest BCUT2D eigenvalue weighted by Gasteiger charge is -2.18. The molecule has 0 aromatic carbocycles. The number of carbonyl (C=O) groups excluding carboxylic acids is 2. The van der Waals surface area contributed by atoms with Gasteiger partial charge < -0.3 is 14.2 Å². The molecule has 0 radical (unpaired) electrons. The van der Waals surface area contributed by atoms with Gasteiger partial charge in [0.2, 0.25) is 0 Å². The SMILES string of the molecule is CC/C=C\C/C=C\C/C=C\CCCCCCCCOCC(COC(=O)CCCCCCCC/C=C\C/C=C\C/C=C\CCCCC)OC(=O)CCCCCCCCCCC. The third-order valence-electron chi connectivity index (χ3n) is 10.7. The second kappa shape index (κ2) is 50.7. The molecule has 0 aliphatic rings. The summed E-state index contributed by atoms with van der Waals surface area (Å²) >= 11 is 0. The summed E-state index contributed by atoms with van der Waals surface area (Å²) in [5.41, 5.74) is 0. The van der Waals surface area contributed by atoms with E-state index >= 15 is 0 Å². The van der Waals surface area contributed by atoms with Crippen LogP contribution in [0.25, 0.3) is 0 Å². The molecule has 0 N–H and O–H groups in total. The summed E-state index contributed by atoms with van der Waals surface area (Å²) < 4.78 is 17.3. The van der Waals surface area contributed by atoms with Crippen molar-refractivity contribution in [1.29, 1.82) is 0 Å². The van der Waals surface area contributed by atoms with E-state index in [0.717, 1.165) is 89.9 Å². The van der Waals surface area contributed by atoms with E-state index < -0.39 is 6.10 Å².